The number of amides is 3. The summed E-state index contributed by atoms with van der Waals surface area (Å²) in [5, 5.41) is 6.01. The molecule has 3 aliphatic heterocycles. The molecule has 1 aromatic rings. The van der Waals surface area contributed by atoms with E-state index in [0.717, 1.165) is 12.8 Å². The highest BCUT2D eigenvalue weighted by atomic mass is 16.5. The highest BCUT2D eigenvalue weighted by Gasteiger charge is 2.76. The molecule has 9 heteroatoms. The number of fused-ring (bicyclic) bond motifs is 1. The van der Waals surface area contributed by atoms with Gasteiger partial charge in [0, 0.05) is 17.3 Å². The summed E-state index contributed by atoms with van der Waals surface area (Å²) in [6.07, 6.45) is 5.42. The third-order valence-corrected chi connectivity index (χ3v) is 7.29. The zero-order chi connectivity index (χ0) is 26.0. The molecule has 1 aromatic carbocycles. The summed E-state index contributed by atoms with van der Waals surface area (Å²) in [6.45, 7) is 9.30. The molecule has 3 heterocycles. The normalized spacial score (nSPS) is 32.4. The molecule has 3 fully saturated rings. The van der Waals surface area contributed by atoms with Crippen molar-refractivity contribution in [1.82, 2.24) is 10.6 Å². The van der Waals surface area contributed by atoms with Crippen LogP contribution in [0.4, 0.5) is 5.69 Å². The van der Waals surface area contributed by atoms with E-state index < -0.39 is 46.5 Å². The molecule has 3 amide bonds. The molecular weight excluding hydrogens is 462 g/mol. The summed E-state index contributed by atoms with van der Waals surface area (Å²) in [7, 11) is 0. The smallest absolute Gasteiger partial charge is 0.338 e. The lowest BCUT2D eigenvalue weighted by Gasteiger charge is -2.35. The summed E-state index contributed by atoms with van der Waals surface area (Å²) in [6, 6.07) is 5.51. The Kier molecular flexibility index (Phi) is 5.55. The van der Waals surface area contributed by atoms with Gasteiger partial charge >= 0.3 is 5.97 Å². The lowest BCUT2D eigenvalue weighted by atomic mass is 9.70. The van der Waals surface area contributed by atoms with Gasteiger partial charge in [-0.2, -0.15) is 0 Å². The molecule has 2 saturated heterocycles. The minimum absolute atomic E-state index is 0.119. The van der Waals surface area contributed by atoms with Gasteiger partial charge in [0.2, 0.25) is 17.7 Å². The monoisotopic (exact) mass is 495 g/mol. The van der Waals surface area contributed by atoms with Crippen molar-refractivity contribution in [3.63, 3.8) is 0 Å². The second-order valence-electron chi connectivity index (χ2n) is 11.3. The number of hydrogen-bond acceptors (Lipinski definition) is 6. The predicted molar refractivity (Wildman–Crippen MR) is 131 cm³/mol. The molecule has 0 aromatic heterocycles. The number of benzene rings is 1. The van der Waals surface area contributed by atoms with E-state index in [1.165, 1.54) is 4.90 Å². The summed E-state index contributed by atoms with van der Waals surface area (Å²) in [4.78, 5) is 55.1. The van der Waals surface area contributed by atoms with Crippen molar-refractivity contribution in [1.29, 1.82) is 0 Å². The number of carbonyl (C=O) groups excluding carboxylic acids is 4. The molecular formula is C27H33N3O6. The van der Waals surface area contributed by atoms with Crippen LogP contribution in [-0.2, 0) is 23.9 Å². The van der Waals surface area contributed by atoms with Gasteiger partial charge in [0.1, 0.15) is 11.6 Å². The number of nitrogens with zero attached hydrogens (tertiary/aromatic N) is 1. The summed E-state index contributed by atoms with van der Waals surface area (Å²) < 4.78 is 11.6. The maximum absolute atomic E-state index is 14.2. The minimum Gasteiger partial charge on any atom is -0.462 e. The van der Waals surface area contributed by atoms with Crippen molar-refractivity contribution in [3.8, 4) is 0 Å². The van der Waals surface area contributed by atoms with Crippen LogP contribution in [0.25, 0.3) is 0 Å². The standard InChI is InChI=1S/C27H33N3O6/c1-6-35-24(34)15-8-7-9-17(14-15)30-20(22(32)29-25(2,3)4)27-13-12-26(5,36-27)18(19(27)23(30)33)21(31)28-16-10-11-16/h7-9,12-14,16,18-20H,6,10-11H2,1-5H3,(H,28,31)(H,29,32)/t18-,19-,20+,26+,27-/m0/s1. The van der Waals surface area contributed by atoms with Crippen LogP contribution in [0.15, 0.2) is 36.4 Å². The molecule has 1 spiro atoms. The highest BCUT2D eigenvalue weighted by Crippen LogP contribution is 2.60. The first kappa shape index (κ1) is 24.5. The van der Waals surface area contributed by atoms with E-state index in [9.17, 15) is 19.2 Å². The van der Waals surface area contributed by atoms with E-state index in [0.29, 0.717) is 5.69 Å². The van der Waals surface area contributed by atoms with Gasteiger partial charge in [-0.15, -0.1) is 0 Å². The minimum atomic E-state index is -1.31. The topological polar surface area (TPSA) is 114 Å². The lowest BCUT2D eigenvalue weighted by molar-refractivity contribution is -0.134. The summed E-state index contributed by atoms with van der Waals surface area (Å²) in [5.74, 6) is -3.19. The molecule has 1 saturated carbocycles. The molecule has 0 unspecified atom stereocenters. The maximum Gasteiger partial charge on any atom is 0.338 e. The van der Waals surface area contributed by atoms with E-state index in [1.54, 1.807) is 44.2 Å². The van der Waals surface area contributed by atoms with Crippen LogP contribution >= 0.6 is 0 Å². The van der Waals surface area contributed by atoms with Crippen LogP contribution in [0.3, 0.4) is 0 Å². The Labute approximate surface area is 210 Å². The van der Waals surface area contributed by atoms with Gasteiger partial charge < -0.3 is 20.1 Å². The number of rotatable bonds is 6. The van der Waals surface area contributed by atoms with Crippen LogP contribution in [0, 0.1) is 11.8 Å². The fraction of sp³-hybridized carbons (Fsp3) is 0.556. The fourth-order valence-corrected chi connectivity index (χ4v) is 5.77. The molecule has 4 aliphatic rings. The van der Waals surface area contributed by atoms with Crippen molar-refractivity contribution >= 4 is 29.4 Å². The number of ether oxygens (including phenoxy) is 2. The van der Waals surface area contributed by atoms with Crippen molar-refractivity contribution in [3.05, 3.63) is 42.0 Å². The van der Waals surface area contributed by atoms with Gasteiger partial charge in [-0.25, -0.2) is 4.79 Å². The summed E-state index contributed by atoms with van der Waals surface area (Å²) >= 11 is 0. The van der Waals surface area contributed by atoms with E-state index in [2.05, 4.69) is 10.6 Å². The Morgan fingerprint density at radius 3 is 2.53 bits per heavy atom. The van der Waals surface area contributed by atoms with Crippen LogP contribution < -0.4 is 15.5 Å². The molecule has 5 atom stereocenters. The van der Waals surface area contributed by atoms with Crippen molar-refractivity contribution in [2.75, 3.05) is 11.5 Å². The molecule has 1 aliphatic carbocycles. The molecule has 9 nitrogen and oxygen atoms in total. The van der Waals surface area contributed by atoms with E-state index >= 15 is 0 Å². The lowest BCUT2D eigenvalue weighted by Crippen LogP contribution is -2.58. The van der Waals surface area contributed by atoms with Crippen LogP contribution in [0.1, 0.15) is 57.8 Å². The van der Waals surface area contributed by atoms with Gasteiger partial charge in [0.15, 0.2) is 0 Å². The second-order valence-corrected chi connectivity index (χ2v) is 11.3. The molecule has 0 radical (unpaired) electrons. The molecule has 2 bridgehead atoms. The first-order chi connectivity index (χ1) is 16.9. The average Bonchev–Trinajstić information content (AvgIpc) is 3.40. The molecule has 36 heavy (non-hydrogen) atoms. The third kappa shape index (κ3) is 3.80. The van der Waals surface area contributed by atoms with Gasteiger partial charge in [-0.3, -0.25) is 19.3 Å². The quantitative estimate of drug-likeness (QED) is 0.462. The highest BCUT2D eigenvalue weighted by molar-refractivity contribution is 6.11. The van der Waals surface area contributed by atoms with Crippen LogP contribution in [-0.4, -0.2) is 59.1 Å². The fourth-order valence-electron chi connectivity index (χ4n) is 5.77. The number of anilines is 1. The van der Waals surface area contributed by atoms with Crippen molar-refractivity contribution < 1.29 is 28.7 Å². The van der Waals surface area contributed by atoms with Crippen molar-refractivity contribution in [2.45, 2.75) is 76.3 Å². The second kappa shape index (κ2) is 8.16. The molecule has 192 valence electrons. The van der Waals surface area contributed by atoms with Gasteiger partial charge in [-0.05, 0) is 65.7 Å². The Balaban J connectivity index is 1.60. The van der Waals surface area contributed by atoms with Crippen molar-refractivity contribution in [2.24, 2.45) is 11.8 Å². The Bertz CT molecular complexity index is 1170. The Hall–Kier alpha value is -3.20. The average molecular weight is 496 g/mol. The van der Waals surface area contributed by atoms with E-state index in [4.69, 9.17) is 9.47 Å². The Morgan fingerprint density at radius 2 is 1.89 bits per heavy atom. The predicted octanol–water partition coefficient (Wildman–Crippen LogP) is 2.10. The van der Waals surface area contributed by atoms with Crippen LogP contribution in [0.2, 0.25) is 0 Å². The zero-order valence-electron chi connectivity index (χ0n) is 21.3. The zero-order valence-corrected chi connectivity index (χ0v) is 21.3. The first-order valence-corrected chi connectivity index (χ1v) is 12.5. The molecule has 2 N–H and O–H groups in total. The SMILES string of the molecule is CCOC(=O)c1cccc(N2C(=O)[C@@H]3[C@@H](C(=O)NC4CC4)[C@@]4(C)C=C[C@@]3(O4)[C@H]2C(=O)NC(C)(C)C)c1. The number of hydrogen-bond donors (Lipinski definition) is 2. The van der Waals surface area contributed by atoms with Gasteiger partial charge in [0.05, 0.1) is 29.6 Å². The van der Waals surface area contributed by atoms with Gasteiger partial charge in [0.25, 0.3) is 0 Å². The van der Waals surface area contributed by atoms with E-state index in [-0.39, 0.29) is 30.0 Å². The van der Waals surface area contributed by atoms with E-state index in [1.807, 2.05) is 26.8 Å². The van der Waals surface area contributed by atoms with Gasteiger partial charge in [-0.1, -0.05) is 18.2 Å². The first-order valence-electron chi connectivity index (χ1n) is 12.5. The summed E-state index contributed by atoms with van der Waals surface area (Å²) in [5.41, 5.74) is -2.25. The maximum atomic E-state index is 14.2. The number of nitrogens with one attached hydrogen (secondary N) is 2. The third-order valence-electron chi connectivity index (χ3n) is 7.29. The Morgan fingerprint density at radius 1 is 1.17 bits per heavy atom. The van der Waals surface area contributed by atoms with Crippen LogP contribution in [0.5, 0.6) is 0 Å². The largest absolute Gasteiger partial charge is 0.462 e. The number of esters is 1. The molecule has 5 rings (SSSR count). The number of carbonyl (C=O) groups is 4.